The Kier molecular flexibility index (Phi) is 3.55. The van der Waals surface area contributed by atoms with Crippen molar-refractivity contribution in [3.63, 3.8) is 0 Å². The molecule has 11 heavy (non-hydrogen) atoms. The lowest BCUT2D eigenvalue weighted by molar-refractivity contribution is 0.281. The van der Waals surface area contributed by atoms with E-state index in [9.17, 15) is 0 Å². The highest BCUT2D eigenvalue weighted by Crippen LogP contribution is 2.19. The first kappa shape index (κ1) is 9.23. The molecule has 60 valence electrons. The molecular formula is C8H8Br2O. The van der Waals surface area contributed by atoms with Crippen molar-refractivity contribution in [2.24, 2.45) is 0 Å². The Bertz CT molecular complexity index is 248. The minimum atomic E-state index is 0.0865. The van der Waals surface area contributed by atoms with Crippen LogP contribution in [-0.2, 0) is 11.9 Å². The van der Waals surface area contributed by atoms with Gasteiger partial charge in [-0.2, -0.15) is 0 Å². The third-order valence-electron chi connectivity index (χ3n) is 1.44. The summed E-state index contributed by atoms with van der Waals surface area (Å²) in [6.45, 7) is 0.0865. The predicted molar refractivity (Wildman–Crippen MR) is 52.7 cm³/mol. The lowest BCUT2D eigenvalue weighted by Gasteiger charge is -2.01. The number of rotatable bonds is 2. The second-order valence-electron chi connectivity index (χ2n) is 2.22. The van der Waals surface area contributed by atoms with Gasteiger partial charge >= 0.3 is 0 Å². The Morgan fingerprint density at radius 3 is 2.55 bits per heavy atom. The maximum Gasteiger partial charge on any atom is 0.0692 e. The molecule has 1 N–H and O–H groups in total. The number of aliphatic hydroxyl groups excluding tert-OH is 1. The van der Waals surface area contributed by atoms with Crippen LogP contribution in [0.1, 0.15) is 11.1 Å². The van der Waals surface area contributed by atoms with Gasteiger partial charge < -0.3 is 5.11 Å². The summed E-state index contributed by atoms with van der Waals surface area (Å²) in [6, 6.07) is 5.91. The number of benzene rings is 1. The molecule has 1 aromatic rings. The Morgan fingerprint density at radius 1 is 1.36 bits per heavy atom. The van der Waals surface area contributed by atoms with Crippen LogP contribution in [0.25, 0.3) is 0 Å². The average Bonchev–Trinajstić information content (AvgIpc) is 2.04. The van der Waals surface area contributed by atoms with Gasteiger partial charge in [0.05, 0.1) is 6.61 Å². The summed E-state index contributed by atoms with van der Waals surface area (Å²) >= 11 is 6.72. The molecule has 0 aliphatic carbocycles. The maximum atomic E-state index is 8.84. The number of aliphatic hydroxyl groups is 1. The lowest BCUT2D eigenvalue weighted by atomic mass is 10.2. The number of halogens is 2. The number of hydrogen-bond acceptors (Lipinski definition) is 1. The van der Waals surface area contributed by atoms with E-state index in [4.69, 9.17) is 5.11 Å². The van der Waals surface area contributed by atoms with Crippen LogP contribution in [0.2, 0.25) is 0 Å². The summed E-state index contributed by atoms with van der Waals surface area (Å²) in [6.07, 6.45) is 0. The highest BCUT2D eigenvalue weighted by atomic mass is 79.9. The van der Waals surface area contributed by atoms with Gasteiger partial charge in [-0.3, -0.25) is 0 Å². The molecule has 0 atom stereocenters. The monoisotopic (exact) mass is 278 g/mol. The molecule has 0 fully saturated rings. The Hall–Kier alpha value is 0.140. The van der Waals surface area contributed by atoms with Crippen molar-refractivity contribution < 1.29 is 5.11 Å². The Labute approximate surface area is 82.7 Å². The van der Waals surface area contributed by atoms with E-state index in [1.54, 1.807) is 0 Å². The molecule has 1 aromatic carbocycles. The third-order valence-corrected chi connectivity index (χ3v) is 2.83. The van der Waals surface area contributed by atoms with Crippen molar-refractivity contribution in [1.29, 1.82) is 0 Å². The van der Waals surface area contributed by atoms with Crippen LogP contribution >= 0.6 is 31.9 Å². The zero-order valence-electron chi connectivity index (χ0n) is 5.85. The topological polar surface area (TPSA) is 20.2 Å². The molecular weight excluding hydrogens is 272 g/mol. The molecule has 0 amide bonds. The molecule has 0 saturated heterocycles. The van der Waals surface area contributed by atoms with Gasteiger partial charge in [-0.1, -0.05) is 44.0 Å². The Balaban J connectivity index is 2.99. The van der Waals surface area contributed by atoms with Gasteiger partial charge in [0.1, 0.15) is 0 Å². The molecule has 1 nitrogen and oxygen atoms in total. The van der Waals surface area contributed by atoms with Crippen molar-refractivity contribution in [1.82, 2.24) is 0 Å². The first-order chi connectivity index (χ1) is 5.27. The fourth-order valence-corrected chi connectivity index (χ4v) is 1.70. The van der Waals surface area contributed by atoms with Crippen molar-refractivity contribution in [2.75, 3.05) is 0 Å². The van der Waals surface area contributed by atoms with Crippen molar-refractivity contribution >= 4 is 31.9 Å². The van der Waals surface area contributed by atoms with Gasteiger partial charge in [-0.25, -0.2) is 0 Å². The van der Waals surface area contributed by atoms with Crippen LogP contribution in [0.4, 0.5) is 0 Å². The fraction of sp³-hybridized carbons (Fsp3) is 0.250. The molecule has 0 aliphatic rings. The summed E-state index contributed by atoms with van der Waals surface area (Å²) in [5.74, 6) is 0. The molecule has 0 saturated carbocycles. The molecule has 0 aliphatic heterocycles. The highest BCUT2D eigenvalue weighted by molar-refractivity contribution is 9.10. The maximum absolute atomic E-state index is 8.84. The SMILES string of the molecule is OCc1ccc(CBr)cc1Br. The summed E-state index contributed by atoms with van der Waals surface area (Å²) in [7, 11) is 0. The standard InChI is InChI=1S/C8H8Br2O/c9-4-6-1-2-7(5-11)8(10)3-6/h1-3,11H,4-5H2. The zero-order valence-corrected chi connectivity index (χ0v) is 9.02. The van der Waals surface area contributed by atoms with Gasteiger partial charge in [-0.05, 0) is 17.2 Å². The first-order valence-corrected chi connectivity index (χ1v) is 5.13. The smallest absolute Gasteiger partial charge is 0.0692 e. The quantitative estimate of drug-likeness (QED) is 0.826. The highest BCUT2D eigenvalue weighted by Gasteiger charge is 1.98. The van der Waals surface area contributed by atoms with E-state index in [-0.39, 0.29) is 6.61 Å². The number of hydrogen-bond donors (Lipinski definition) is 1. The zero-order chi connectivity index (χ0) is 8.27. The van der Waals surface area contributed by atoms with Gasteiger partial charge in [0.2, 0.25) is 0 Å². The van der Waals surface area contributed by atoms with E-state index in [0.717, 1.165) is 15.4 Å². The molecule has 0 heterocycles. The van der Waals surface area contributed by atoms with Crippen LogP contribution in [0, 0.1) is 0 Å². The van der Waals surface area contributed by atoms with Gasteiger partial charge in [0.15, 0.2) is 0 Å². The number of alkyl halides is 1. The van der Waals surface area contributed by atoms with Crippen molar-refractivity contribution in [3.8, 4) is 0 Å². The van der Waals surface area contributed by atoms with Gasteiger partial charge in [-0.15, -0.1) is 0 Å². The van der Waals surface area contributed by atoms with Crippen LogP contribution < -0.4 is 0 Å². The first-order valence-electron chi connectivity index (χ1n) is 3.22. The molecule has 0 bridgehead atoms. The van der Waals surface area contributed by atoms with Gasteiger partial charge in [0, 0.05) is 9.80 Å². The molecule has 1 rings (SSSR count). The van der Waals surface area contributed by atoms with E-state index in [0.29, 0.717) is 0 Å². The lowest BCUT2D eigenvalue weighted by Crippen LogP contribution is -1.86. The largest absolute Gasteiger partial charge is 0.392 e. The molecule has 0 radical (unpaired) electrons. The predicted octanol–water partition coefficient (Wildman–Crippen LogP) is 2.84. The second-order valence-corrected chi connectivity index (χ2v) is 3.63. The van der Waals surface area contributed by atoms with Crippen molar-refractivity contribution in [2.45, 2.75) is 11.9 Å². The summed E-state index contributed by atoms with van der Waals surface area (Å²) in [4.78, 5) is 0. The molecule has 0 unspecified atom stereocenters. The van der Waals surface area contributed by atoms with E-state index in [1.165, 1.54) is 5.56 Å². The third kappa shape index (κ3) is 2.29. The van der Waals surface area contributed by atoms with Crippen LogP contribution in [0.3, 0.4) is 0 Å². The van der Waals surface area contributed by atoms with Gasteiger partial charge in [0.25, 0.3) is 0 Å². The van der Waals surface area contributed by atoms with Crippen LogP contribution in [0.5, 0.6) is 0 Å². The van der Waals surface area contributed by atoms with E-state index in [1.807, 2.05) is 18.2 Å². The van der Waals surface area contributed by atoms with E-state index < -0.39 is 0 Å². The fourth-order valence-electron chi connectivity index (χ4n) is 0.802. The average molecular weight is 280 g/mol. The van der Waals surface area contributed by atoms with Crippen LogP contribution in [-0.4, -0.2) is 5.11 Å². The normalized spacial score (nSPS) is 10.1. The molecule has 0 spiro atoms. The summed E-state index contributed by atoms with van der Waals surface area (Å²) in [5, 5.41) is 9.68. The molecule has 3 heteroatoms. The van der Waals surface area contributed by atoms with Crippen LogP contribution in [0.15, 0.2) is 22.7 Å². The molecule has 0 aromatic heterocycles. The van der Waals surface area contributed by atoms with E-state index >= 15 is 0 Å². The summed E-state index contributed by atoms with van der Waals surface area (Å²) in [5.41, 5.74) is 2.13. The minimum absolute atomic E-state index is 0.0865. The second kappa shape index (κ2) is 4.24. The minimum Gasteiger partial charge on any atom is -0.392 e. The summed E-state index contributed by atoms with van der Waals surface area (Å²) < 4.78 is 0.969. The van der Waals surface area contributed by atoms with Crippen molar-refractivity contribution in [3.05, 3.63) is 33.8 Å². The Morgan fingerprint density at radius 2 is 2.09 bits per heavy atom. The van der Waals surface area contributed by atoms with E-state index in [2.05, 4.69) is 31.9 Å².